The number of carboxylic acid groups (broad SMARTS) is 1. The van der Waals surface area contributed by atoms with Crippen molar-refractivity contribution < 1.29 is 48.0 Å². The molecule has 0 heterocycles. The van der Waals surface area contributed by atoms with Crippen LogP contribution in [0.25, 0.3) is 0 Å². The number of rotatable bonds is 37. The van der Waals surface area contributed by atoms with E-state index in [4.69, 9.17) is 24.1 Å². The minimum atomic E-state index is -0.693. The van der Waals surface area contributed by atoms with Crippen molar-refractivity contribution in [3.8, 4) is 0 Å². The van der Waals surface area contributed by atoms with Crippen molar-refractivity contribution in [2.75, 3.05) is 72.5 Å². The molecule has 47 heavy (non-hydrogen) atoms. The maximum absolute atomic E-state index is 12.0. The normalized spacial score (nSPS) is 10.9. The molecule has 0 aliphatic carbocycles. The highest BCUT2D eigenvalue weighted by atomic mass is 16.5. The molecule has 0 bridgehead atoms. The van der Waals surface area contributed by atoms with E-state index >= 15 is 0 Å². The van der Waals surface area contributed by atoms with Crippen LogP contribution in [0.3, 0.4) is 0 Å². The maximum atomic E-state index is 12.0. The fraction of sp³-hybridized carbons (Fsp3) is 0.853. The van der Waals surface area contributed by atoms with E-state index in [9.17, 15) is 24.0 Å². The Bertz CT molecular complexity index is 785. The third kappa shape index (κ3) is 37.7. The molecule has 3 amide bonds. The summed E-state index contributed by atoms with van der Waals surface area (Å²) in [7, 11) is 0. The third-order valence-corrected chi connectivity index (χ3v) is 7.25. The van der Waals surface area contributed by atoms with Gasteiger partial charge in [-0.1, -0.05) is 77.0 Å². The monoisotopic (exact) mass is 673 g/mol. The first-order valence-electron chi connectivity index (χ1n) is 17.7. The third-order valence-electron chi connectivity index (χ3n) is 7.25. The number of aliphatic carboxylic acids is 1. The second-order valence-corrected chi connectivity index (χ2v) is 11.5. The quantitative estimate of drug-likeness (QED) is 0.0561. The lowest BCUT2D eigenvalue weighted by atomic mass is 10.0. The minimum Gasteiger partial charge on any atom is -0.481 e. The first-order valence-corrected chi connectivity index (χ1v) is 17.7. The van der Waals surface area contributed by atoms with Crippen molar-refractivity contribution in [1.82, 2.24) is 16.0 Å². The van der Waals surface area contributed by atoms with Crippen LogP contribution in [-0.2, 0) is 42.9 Å². The molecule has 0 radical (unpaired) electrons. The van der Waals surface area contributed by atoms with E-state index in [0.29, 0.717) is 84.6 Å². The van der Waals surface area contributed by atoms with Crippen LogP contribution in [0.2, 0.25) is 0 Å². The van der Waals surface area contributed by atoms with Gasteiger partial charge in [0.1, 0.15) is 19.5 Å². The van der Waals surface area contributed by atoms with Crippen LogP contribution in [0.1, 0.15) is 116 Å². The second-order valence-electron chi connectivity index (χ2n) is 11.5. The zero-order chi connectivity index (χ0) is 34.5. The van der Waals surface area contributed by atoms with Gasteiger partial charge in [0.2, 0.25) is 17.7 Å². The lowest BCUT2D eigenvalue weighted by molar-refractivity contribution is -0.137. The first-order chi connectivity index (χ1) is 23.0. The molecule has 0 aromatic rings. The number of aldehydes is 1. The molecule has 0 aromatic heterocycles. The lowest BCUT2D eigenvalue weighted by Gasteiger charge is -2.09. The van der Waals surface area contributed by atoms with Gasteiger partial charge in [-0.15, -0.1) is 0 Å². The molecule has 0 atom stereocenters. The average Bonchev–Trinajstić information content (AvgIpc) is 3.05. The highest BCUT2D eigenvalue weighted by Gasteiger charge is 2.05. The summed E-state index contributed by atoms with van der Waals surface area (Å²) in [6, 6.07) is 0. The summed E-state index contributed by atoms with van der Waals surface area (Å²) in [6.07, 6.45) is 18.6. The molecule has 0 aliphatic heterocycles. The van der Waals surface area contributed by atoms with Gasteiger partial charge in [0.25, 0.3) is 0 Å². The number of unbranched alkanes of at least 4 members (excludes halogenated alkanes) is 13. The number of amides is 3. The van der Waals surface area contributed by atoms with E-state index in [1.807, 2.05) is 0 Å². The molecule has 0 unspecified atom stereocenters. The number of carbonyl (C=O) groups excluding carboxylic acids is 4. The van der Waals surface area contributed by atoms with Crippen molar-refractivity contribution in [2.24, 2.45) is 0 Å². The highest BCUT2D eigenvalue weighted by molar-refractivity contribution is 5.77. The van der Waals surface area contributed by atoms with Gasteiger partial charge in [0.05, 0.1) is 39.6 Å². The predicted octanol–water partition coefficient (Wildman–Crippen LogP) is 3.71. The summed E-state index contributed by atoms with van der Waals surface area (Å²) in [5.41, 5.74) is 0. The molecular formula is C34H63N3O10. The van der Waals surface area contributed by atoms with Gasteiger partial charge >= 0.3 is 5.97 Å². The van der Waals surface area contributed by atoms with E-state index in [1.165, 1.54) is 51.4 Å². The Morgan fingerprint density at radius 2 is 0.851 bits per heavy atom. The van der Waals surface area contributed by atoms with Crippen molar-refractivity contribution in [2.45, 2.75) is 116 Å². The van der Waals surface area contributed by atoms with Crippen molar-refractivity contribution in [1.29, 1.82) is 0 Å². The maximum Gasteiger partial charge on any atom is 0.303 e. The van der Waals surface area contributed by atoms with E-state index in [1.54, 1.807) is 0 Å². The number of carbonyl (C=O) groups is 5. The van der Waals surface area contributed by atoms with Crippen LogP contribution < -0.4 is 16.0 Å². The van der Waals surface area contributed by atoms with Gasteiger partial charge in [0, 0.05) is 38.9 Å². The first kappa shape index (κ1) is 44.4. The summed E-state index contributed by atoms with van der Waals surface area (Å²) in [5.74, 6) is -0.988. The predicted molar refractivity (Wildman–Crippen MR) is 179 cm³/mol. The Kier molecular flexibility index (Phi) is 34.2. The number of hydrogen-bond donors (Lipinski definition) is 4. The molecule has 4 N–H and O–H groups in total. The molecule has 0 rings (SSSR count). The molecule has 13 heteroatoms. The fourth-order valence-corrected chi connectivity index (χ4v) is 4.65. The van der Waals surface area contributed by atoms with Crippen molar-refractivity contribution in [3.63, 3.8) is 0 Å². The number of carboxylic acids is 1. The Morgan fingerprint density at radius 1 is 0.447 bits per heavy atom. The van der Waals surface area contributed by atoms with Gasteiger partial charge in [-0.25, -0.2) is 0 Å². The highest BCUT2D eigenvalue weighted by Crippen LogP contribution is 2.13. The Labute approximate surface area is 281 Å². The fourth-order valence-electron chi connectivity index (χ4n) is 4.65. The van der Waals surface area contributed by atoms with Crippen LogP contribution >= 0.6 is 0 Å². The Morgan fingerprint density at radius 3 is 1.36 bits per heavy atom. The van der Waals surface area contributed by atoms with Crippen LogP contribution in [-0.4, -0.2) is 108 Å². The summed E-state index contributed by atoms with van der Waals surface area (Å²) in [4.78, 5) is 56.2. The average molecular weight is 674 g/mol. The van der Waals surface area contributed by atoms with Gasteiger partial charge in [-0.3, -0.25) is 19.2 Å². The van der Waals surface area contributed by atoms with Gasteiger partial charge in [-0.05, 0) is 19.3 Å². The number of hydrogen-bond acceptors (Lipinski definition) is 9. The second kappa shape index (κ2) is 36.2. The molecule has 0 spiro atoms. The molecule has 0 saturated heterocycles. The van der Waals surface area contributed by atoms with E-state index < -0.39 is 5.97 Å². The SMILES string of the molecule is O=CCOCCOCCNC(=O)COCCOCCNC(=O)CCCNC(=O)CCCCCCCCCCCCCCCCC(=O)O. The summed E-state index contributed by atoms with van der Waals surface area (Å²) < 4.78 is 20.8. The summed E-state index contributed by atoms with van der Waals surface area (Å²) in [6.45, 7) is 3.11. The standard InChI is InChI=1S/C34H63N3O10/c38-22-25-46-27-26-44-24-21-37-33(41)30-47-29-28-45-23-20-36-32(40)17-15-19-35-31(39)16-13-11-9-7-5-3-1-2-4-6-8-10-12-14-18-34(42)43/h22H,1-21,23-30H2,(H,35,39)(H,36,40)(H,37,41)(H,42,43). The van der Waals surface area contributed by atoms with Crippen molar-refractivity contribution in [3.05, 3.63) is 0 Å². The molecule has 0 aliphatic rings. The van der Waals surface area contributed by atoms with Crippen LogP contribution in [0, 0.1) is 0 Å². The lowest BCUT2D eigenvalue weighted by Crippen LogP contribution is -2.31. The zero-order valence-electron chi connectivity index (χ0n) is 28.7. The Balaban J connectivity index is 3.33. The Hall–Kier alpha value is -2.61. The van der Waals surface area contributed by atoms with Crippen LogP contribution in [0.5, 0.6) is 0 Å². The molecule has 13 nitrogen and oxygen atoms in total. The van der Waals surface area contributed by atoms with Gasteiger partial charge in [-0.2, -0.15) is 0 Å². The largest absolute Gasteiger partial charge is 0.481 e. The zero-order valence-corrected chi connectivity index (χ0v) is 28.7. The topological polar surface area (TPSA) is 179 Å². The van der Waals surface area contributed by atoms with Crippen LogP contribution in [0.15, 0.2) is 0 Å². The molecular weight excluding hydrogens is 610 g/mol. The summed E-state index contributed by atoms with van der Waals surface area (Å²) >= 11 is 0. The number of nitrogens with one attached hydrogen (secondary N) is 3. The van der Waals surface area contributed by atoms with Gasteiger partial charge in [0.15, 0.2) is 0 Å². The molecule has 0 aromatic carbocycles. The van der Waals surface area contributed by atoms with Gasteiger partial charge < -0.3 is 44.8 Å². The van der Waals surface area contributed by atoms with E-state index in [-0.39, 0.29) is 37.5 Å². The van der Waals surface area contributed by atoms with Crippen molar-refractivity contribution >= 4 is 30.0 Å². The number of ether oxygens (including phenoxy) is 4. The minimum absolute atomic E-state index is 0.0449. The smallest absolute Gasteiger partial charge is 0.303 e. The van der Waals surface area contributed by atoms with E-state index in [2.05, 4.69) is 16.0 Å². The molecule has 0 fully saturated rings. The van der Waals surface area contributed by atoms with Crippen LogP contribution in [0.4, 0.5) is 0 Å². The van der Waals surface area contributed by atoms with E-state index in [0.717, 1.165) is 38.5 Å². The molecule has 0 saturated carbocycles. The molecule has 274 valence electrons. The summed E-state index contributed by atoms with van der Waals surface area (Å²) in [5, 5.41) is 17.0.